The summed E-state index contributed by atoms with van der Waals surface area (Å²) >= 11 is 6.49. The first-order chi connectivity index (χ1) is 22.1. The van der Waals surface area contributed by atoms with Crippen LogP contribution in [0.5, 0.6) is 11.6 Å². The van der Waals surface area contributed by atoms with Gasteiger partial charge in [0.1, 0.15) is 36.8 Å². The van der Waals surface area contributed by atoms with Crippen molar-refractivity contribution in [2.24, 2.45) is 0 Å². The van der Waals surface area contributed by atoms with Gasteiger partial charge in [-0.15, -0.1) is 5.10 Å². The highest BCUT2D eigenvalue weighted by molar-refractivity contribution is 6.32. The smallest absolute Gasteiger partial charge is 0.257 e. The maximum atomic E-state index is 6.49. The lowest BCUT2D eigenvalue weighted by molar-refractivity contribution is 0.00502. The number of methoxy groups -OCH3 is 1. The van der Waals surface area contributed by atoms with E-state index in [4.69, 9.17) is 40.6 Å². The average Bonchev–Trinajstić information content (AvgIpc) is 3.73. The Hall–Kier alpha value is -3.78. The monoisotopic (exact) mass is 637 g/mol. The Morgan fingerprint density at radius 2 is 1.91 bits per heavy atom. The number of hydrogen-bond donors (Lipinski definition) is 1. The van der Waals surface area contributed by atoms with Crippen molar-refractivity contribution in [3.05, 3.63) is 54.3 Å². The number of rotatable bonds is 13. The van der Waals surface area contributed by atoms with Gasteiger partial charge in [0.2, 0.25) is 5.95 Å². The third-order valence-electron chi connectivity index (χ3n) is 8.19. The topological polar surface area (TPSA) is 127 Å². The van der Waals surface area contributed by atoms with Gasteiger partial charge in [-0.05, 0) is 50.8 Å². The molecule has 0 radical (unpaired) electrons. The first kappa shape index (κ1) is 31.2. The van der Waals surface area contributed by atoms with Crippen molar-refractivity contribution in [1.82, 2.24) is 39.4 Å². The van der Waals surface area contributed by atoms with Gasteiger partial charge in [0, 0.05) is 38.0 Å². The summed E-state index contributed by atoms with van der Waals surface area (Å²) in [6, 6.07) is 8.37. The van der Waals surface area contributed by atoms with E-state index in [0.717, 1.165) is 57.6 Å². The molecule has 1 N–H and O–H groups in total. The van der Waals surface area contributed by atoms with Crippen LogP contribution in [0.4, 0.5) is 11.6 Å². The van der Waals surface area contributed by atoms with Crippen LogP contribution < -0.4 is 14.8 Å². The predicted octanol–water partition coefficient (Wildman–Crippen LogP) is 4.64. The van der Waals surface area contributed by atoms with Crippen LogP contribution >= 0.6 is 11.6 Å². The fourth-order valence-electron chi connectivity index (χ4n) is 5.90. The Balaban J connectivity index is 1.15. The third-order valence-corrected chi connectivity index (χ3v) is 8.51. The van der Waals surface area contributed by atoms with E-state index in [2.05, 4.69) is 25.3 Å². The predicted molar refractivity (Wildman–Crippen MR) is 169 cm³/mol. The van der Waals surface area contributed by atoms with Crippen molar-refractivity contribution in [3.63, 3.8) is 0 Å². The lowest BCUT2D eigenvalue weighted by Crippen LogP contribution is -2.45. The van der Waals surface area contributed by atoms with E-state index in [1.54, 1.807) is 24.3 Å². The van der Waals surface area contributed by atoms with Gasteiger partial charge in [-0.3, -0.25) is 9.58 Å². The van der Waals surface area contributed by atoms with E-state index in [-0.39, 0.29) is 6.10 Å². The molecule has 0 amide bonds. The second kappa shape index (κ2) is 15.0. The molecule has 45 heavy (non-hydrogen) atoms. The van der Waals surface area contributed by atoms with E-state index in [9.17, 15) is 0 Å². The molecule has 0 unspecified atom stereocenters. The average molecular weight is 638 g/mol. The lowest BCUT2D eigenvalue weighted by Gasteiger charge is -2.38. The third kappa shape index (κ3) is 8.09. The molecule has 1 aliphatic heterocycles. The normalized spacial score (nSPS) is 19.7. The van der Waals surface area contributed by atoms with Crippen LogP contribution in [0, 0.1) is 0 Å². The van der Waals surface area contributed by atoms with Crippen molar-refractivity contribution in [1.29, 1.82) is 0 Å². The van der Waals surface area contributed by atoms with Crippen LogP contribution in [0.3, 0.4) is 0 Å². The Morgan fingerprint density at radius 3 is 2.69 bits per heavy atom. The SMILES string of the molecule is COCCOc1nn(C2CCC(N3CCOCC3)CC2)cc1Nc1nccc(-c2ccc(Cl)c(O[C@@H](C)Cn3cncn3)c2)n1. The van der Waals surface area contributed by atoms with Crippen LogP contribution in [0.25, 0.3) is 11.3 Å². The van der Waals surface area contributed by atoms with Gasteiger partial charge in [0.25, 0.3) is 5.88 Å². The number of benzene rings is 1. The van der Waals surface area contributed by atoms with Crippen LogP contribution in [-0.2, 0) is 16.0 Å². The van der Waals surface area contributed by atoms with Gasteiger partial charge < -0.3 is 24.3 Å². The number of nitrogens with zero attached hydrogens (tertiary/aromatic N) is 8. The molecule has 1 aromatic carbocycles. The van der Waals surface area contributed by atoms with Gasteiger partial charge >= 0.3 is 0 Å². The maximum absolute atomic E-state index is 6.49. The van der Waals surface area contributed by atoms with E-state index in [0.29, 0.717) is 65.8 Å². The molecule has 2 aliphatic rings. The van der Waals surface area contributed by atoms with Gasteiger partial charge in [-0.2, -0.15) is 5.10 Å². The van der Waals surface area contributed by atoms with Gasteiger partial charge in [-0.1, -0.05) is 17.7 Å². The van der Waals surface area contributed by atoms with E-state index < -0.39 is 0 Å². The zero-order valence-electron chi connectivity index (χ0n) is 25.7. The zero-order valence-corrected chi connectivity index (χ0v) is 26.5. The summed E-state index contributed by atoms with van der Waals surface area (Å²) in [7, 11) is 1.65. The minimum atomic E-state index is -0.176. The fourth-order valence-corrected chi connectivity index (χ4v) is 6.07. The lowest BCUT2D eigenvalue weighted by atomic mass is 9.90. The maximum Gasteiger partial charge on any atom is 0.257 e. The van der Waals surface area contributed by atoms with Crippen molar-refractivity contribution in [2.45, 2.75) is 57.3 Å². The second-order valence-electron chi connectivity index (χ2n) is 11.4. The summed E-state index contributed by atoms with van der Waals surface area (Å²) in [5.41, 5.74) is 2.27. The first-order valence-electron chi connectivity index (χ1n) is 15.5. The summed E-state index contributed by atoms with van der Waals surface area (Å²) in [5, 5.41) is 12.8. The fraction of sp³-hybridized carbons (Fsp3) is 0.516. The molecule has 1 saturated carbocycles. The molecule has 4 heterocycles. The molecule has 1 atom stereocenters. The molecule has 1 saturated heterocycles. The van der Waals surface area contributed by atoms with Crippen molar-refractivity contribution in [3.8, 4) is 22.9 Å². The molecule has 3 aromatic heterocycles. The van der Waals surface area contributed by atoms with E-state index >= 15 is 0 Å². The Morgan fingerprint density at radius 1 is 1.09 bits per heavy atom. The Labute approximate surface area is 267 Å². The molecule has 13 nitrogen and oxygen atoms in total. The summed E-state index contributed by atoms with van der Waals surface area (Å²) in [4.78, 5) is 15.8. The van der Waals surface area contributed by atoms with Crippen LogP contribution in [0.15, 0.2) is 49.3 Å². The molecule has 2 fully saturated rings. The molecular formula is C31H40ClN9O4. The van der Waals surface area contributed by atoms with Crippen molar-refractivity contribution < 1.29 is 18.9 Å². The van der Waals surface area contributed by atoms with Crippen LogP contribution in [0.1, 0.15) is 38.6 Å². The molecule has 1 aliphatic carbocycles. The number of morpholine rings is 1. The molecular weight excluding hydrogens is 598 g/mol. The summed E-state index contributed by atoms with van der Waals surface area (Å²) in [6.07, 6.45) is 11.1. The molecule has 6 rings (SSSR count). The highest BCUT2D eigenvalue weighted by Gasteiger charge is 2.29. The number of ether oxygens (including phenoxy) is 4. The Kier molecular flexibility index (Phi) is 10.4. The zero-order chi connectivity index (χ0) is 31.0. The molecule has 0 spiro atoms. The van der Waals surface area contributed by atoms with Gasteiger partial charge in [0.15, 0.2) is 0 Å². The minimum absolute atomic E-state index is 0.176. The quantitative estimate of drug-likeness (QED) is 0.206. The van der Waals surface area contributed by atoms with E-state index in [1.807, 2.05) is 42.1 Å². The number of hydrogen-bond acceptors (Lipinski definition) is 11. The number of halogens is 1. The summed E-state index contributed by atoms with van der Waals surface area (Å²) < 4.78 is 26.7. The summed E-state index contributed by atoms with van der Waals surface area (Å²) in [6.45, 7) is 7.05. The molecule has 14 heteroatoms. The Bertz CT molecular complexity index is 1500. The van der Waals surface area contributed by atoms with Crippen molar-refractivity contribution in [2.75, 3.05) is 51.9 Å². The highest BCUT2D eigenvalue weighted by Crippen LogP contribution is 2.35. The van der Waals surface area contributed by atoms with Crippen LogP contribution in [0.2, 0.25) is 5.02 Å². The summed E-state index contributed by atoms with van der Waals surface area (Å²) in [5.74, 6) is 1.49. The second-order valence-corrected chi connectivity index (χ2v) is 11.8. The number of nitrogens with one attached hydrogen (secondary N) is 1. The molecule has 240 valence electrons. The van der Waals surface area contributed by atoms with Gasteiger partial charge in [-0.25, -0.2) is 19.6 Å². The highest BCUT2D eigenvalue weighted by atomic mass is 35.5. The minimum Gasteiger partial charge on any atom is -0.487 e. The van der Waals surface area contributed by atoms with Gasteiger partial charge in [0.05, 0.1) is 49.3 Å². The molecule has 0 bridgehead atoms. The number of anilines is 2. The first-order valence-corrected chi connectivity index (χ1v) is 15.8. The largest absolute Gasteiger partial charge is 0.487 e. The van der Waals surface area contributed by atoms with E-state index in [1.165, 1.54) is 6.33 Å². The number of aromatic nitrogens is 7. The molecule has 4 aromatic rings. The van der Waals surface area contributed by atoms with Crippen molar-refractivity contribution >= 4 is 23.2 Å². The van der Waals surface area contributed by atoms with Crippen LogP contribution in [-0.4, -0.2) is 98.2 Å². The standard InChI is InChI=1S/C31H40ClN9O4/c1-22(18-40-21-33-20-35-40)45-29-17-23(3-8-26(29)32)27-9-10-34-31(36-27)37-28-19-41(38-30(28)44-16-15-42-2)25-6-4-24(5-7-25)39-11-13-43-14-12-39/h3,8-10,17,19-22,24-25H,4-7,11-16,18H2,1-2H3,(H,34,36,37)/t22-,24?,25?/m0/s1.